The molecule has 2 aromatic carbocycles. The SMILES string of the molecule is O=C(O)CC[C@H](NC(=O)N[C@@H](CCCCNC(=O)[C@H](Cc1ccc2ccccc2c1)Nc1ncnc(NC23CCC(NC(=O)CN4CCN(CC(=O)O)CCN(CC(=O)O)CCN(CC(=O)O)CC4)(CC2)CC3)n1)C(=O)O)C(=O)O. The molecule has 1 saturated heterocycles. The second-order valence-electron chi connectivity index (χ2n) is 20.9. The van der Waals surface area contributed by atoms with Crippen molar-refractivity contribution in [1.29, 1.82) is 0 Å². The van der Waals surface area contributed by atoms with Crippen molar-refractivity contribution in [3.05, 3.63) is 54.4 Å². The van der Waals surface area contributed by atoms with Crippen LogP contribution in [0.1, 0.15) is 76.2 Å². The molecule has 2 bridgehead atoms. The van der Waals surface area contributed by atoms with E-state index in [4.69, 9.17) is 5.11 Å². The van der Waals surface area contributed by atoms with Gasteiger partial charge in [0.25, 0.3) is 0 Å². The van der Waals surface area contributed by atoms with E-state index >= 15 is 0 Å². The number of carboxylic acids is 6. The van der Waals surface area contributed by atoms with Crippen LogP contribution in [0.3, 0.4) is 0 Å². The van der Waals surface area contributed by atoms with Gasteiger partial charge in [-0.15, -0.1) is 0 Å². The summed E-state index contributed by atoms with van der Waals surface area (Å²) >= 11 is 0. The van der Waals surface area contributed by atoms with E-state index in [0.717, 1.165) is 16.3 Å². The number of amides is 4. The number of urea groups is 1. The van der Waals surface area contributed by atoms with Gasteiger partial charge in [-0.25, -0.2) is 24.4 Å². The summed E-state index contributed by atoms with van der Waals surface area (Å²) in [5, 5.41) is 76.0. The molecule has 4 amide bonds. The predicted molar refractivity (Wildman–Crippen MR) is 287 cm³/mol. The molecule has 436 valence electrons. The third kappa shape index (κ3) is 19.8. The molecule has 28 nitrogen and oxygen atoms in total. The first-order valence-electron chi connectivity index (χ1n) is 26.8. The number of anilines is 2. The number of carboxylic acid groups (broad SMARTS) is 6. The first-order chi connectivity index (χ1) is 38.2. The highest BCUT2D eigenvalue weighted by Crippen LogP contribution is 2.48. The van der Waals surface area contributed by atoms with Gasteiger partial charge in [0.05, 0.1) is 26.2 Å². The summed E-state index contributed by atoms with van der Waals surface area (Å²) < 4.78 is 0. The summed E-state index contributed by atoms with van der Waals surface area (Å²) in [7, 11) is 0. The van der Waals surface area contributed by atoms with E-state index in [1.165, 1.54) is 6.33 Å². The number of fused-ring (bicyclic) bond motifs is 4. The third-order valence-electron chi connectivity index (χ3n) is 14.9. The van der Waals surface area contributed by atoms with Crippen molar-refractivity contribution < 1.29 is 73.8 Å². The maximum atomic E-state index is 14.0. The second kappa shape index (κ2) is 29.4. The molecule has 12 N–H and O–H groups in total. The third-order valence-corrected chi connectivity index (χ3v) is 14.9. The number of rotatable bonds is 28. The van der Waals surface area contributed by atoms with Gasteiger partial charge in [-0.2, -0.15) is 4.98 Å². The molecule has 4 fully saturated rings. The van der Waals surface area contributed by atoms with Gasteiger partial charge in [0.15, 0.2) is 0 Å². The van der Waals surface area contributed by atoms with Crippen LogP contribution < -0.4 is 31.9 Å². The number of hydrogen-bond donors (Lipinski definition) is 12. The molecule has 3 aromatic rings. The molecule has 3 aliphatic carbocycles. The number of aromatic nitrogens is 3. The largest absolute Gasteiger partial charge is 0.481 e. The number of nitrogens with zero attached hydrogens (tertiary/aromatic N) is 7. The standard InChI is InChI=1S/C52H73N13O15/c66-40(29-62-19-21-63(30-42(69)70)23-25-65(32-44(73)74)26-24-64(22-20-62)31-43(71)72)60-51-12-15-52(16-13-51,17-14-51)61-49-55-33-54-48(59-49)56-39(28-34-8-9-35-5-1-2-6-36(35)27-34)45(75)53-18-4-3-7-37(46(76)77)57-50(80)58-38(47(78)79)10-11-41(67)68/h1-2,5-6,8-9,27,33,37-39H,3-4,7,10-26,28-32H2,(H,53,75)(H,60,66)(H,67,68)(H,69,70)(H,71,72)(H,73,74)(H,76,77)(H,78,79)(H2,57,58,80)(H2,54,55,56,59,61)/t37-,38-,39-,51?,52?/m0/s1. The first-order valence-corrected chi connectivity index (χ1v) is 26.8. The number of carbonyl (C=O) groups excluding carboxylic acids is 3. The number of carbonyl (C=O) groups is 9. The van der Waals surface area contributed by atoms with E-state index in [-0.39, 0.29) is 103 Å². The first kappa shape index (κ1) is 61.4. The molecule has 28 heteroatoms. The van der Waals surface area contributed by atoms with Crippen molar-refractivity contribution in [2.75, 3.05) is 95.7 Å². The molecule has 0 unspecified atom stereocenters. The summed E-state index contributed by atoms with van der Waals surface area (Å²) in [4.78, 5) is 130. The van der Waals surface area contributed by atoms with Gasteiger partial charge in [0.1, 0.15) is 24.5 Å². The van der Waals surface area contributed by atoms with E-state index < -0.39 is 89.8 Å². The highest BCUT2D eigenvalue weighted by atomic mass is 16.4. The number of unbranched alkanes of at least 4 members (excludes halogenated alkanes) is 1. The van der Waals surface area contributed by atoms with Crippen LogP contribution in [0, 0.1) is 0 Å². The lowest BCUT2D eigenvalue weighted by molar-refractivity contribution is -0.141. The fourth-order valence-electron chi connectivity index (χ4n) is 10.5. The minimum Gasteiger partial charge on any atom is -0.481 e. The maximum absolute atomic E-state index is 14.0. The Bertz CT molecular complexity index is 2630. The van der Waals surface area contributed by atoms with Gasteiger partial charge in [0, 0.05) is 82.8 Å². The summed E-state index contributed by atoms with van der Waals surface area (Å²) in [6.45, 7) is 1.60. The van der Waals surface area contributed by atoms with Crippen molar-refractivity contribution in [3.63, 3.8) is 0 Å². The van der Waals surface area contributed by atoms with Gasteiger partial charge in [-0.3, -0.25) is 48.4 Å². The van der Waals surface area contributed by atoms with E-state index in [2.05, 4.69) is 46.9 Å². The zero-order chi connectivity index (χ0) is 57.8. The van der Waals surface area contributed by atoms with Crippen LogP contribution in [-0.2, 0) is 44.8 Å². The van der Waals surface area contributed by atoms with E-state index in [9.17, 15) is 68.7 Å². The van der Waals surface area contributed by atoms with Crippen molar-refractivity contribution in [2.45, 2.75) is 106 Å². The van der Waals surface area contributed by atoms with Crippen molar-refractivity contribution in [3.8, 4) is 0 Å². The van der Waals surface area contributed by atoms with Crippen LogP contribution in [0.4, 0.5) is 16.7 Å². The molecule has 3 saturated carbocycles. The lowest BCUT2D eigenvalue weighted by Gasteiger charge is -2.54. The lowest BCUT2D eigenvalue weighted by atomic mass is 9.61. The summed E-state index contributed by atoms with van der Waals surface area (Å²) in [6.07, 6.45) is 5.16. The molecule has 1 aliphatic heterocycles. The Labute approximate surface area is 461 Å². The van der Waals surface area contributed by atoms with E-state index in [1.54, 1.807) is 14.7 Å². The number of hydrogen-bond acceptors (Lipinski definition) is 18. The van der Waals surface area contributed by atoms with Gasteiger partial charge in [-0.05, 0) is 80.5 Å². The van der Waals surface area contributed by atoms with Gasteiger partial charge < -0.3 is 62.5 Å². The van der Waals surface area contributed by atoms with Crippen LogP contribution in [-0.4, -0.2) is 233 Å². The smallest absolute Gasteiger partial charge is 0.326 e. The fraction of sp³-hybridized carbons (Fsp3) is 0.577. The molecular weight excluding hydrogens is 1050 g/mol. The van der Waals surface area contributed by atoms with Crippen LogP contribution in [0.5, 0.6) is 0 Å². The van der Waals surface area contributed by atoms with Gasteiger partial charge in [-0.1, -0.05) is 42.5 Å². The monoisotopic (exact) mass is 1120 g/mol. The van der Waals surface area contributed by atoms with Crippen LogP contribution in [0.25, 0.3) is 10.8 Å². The van der Waals surface area contributed by atoms with Crippen LogP contribution >= 0.6 is 0 Å². The Hall–Kier alpha value is -7.82. The minimum absolute atomic E-state index is 0.00480. The summed E-state index contributed by atoms with van der Waals surface area (Å²) in [5.74, 6) is -7.40. The molecule has 4 aliphatic rings. The Morgan fingerprint density at radius 2 is 1.05 bits per heavy atom. The summed E-state index contributed by atoms with van der Waals surface area (Å²) in [6, 6.07) is 8.76. The van der Waals surface area contributed by atoms with Gasteiger partial charge in [0.2, 0.25) is 23.7 Å². The molecule has 0 radical (unpaired) electrons. The highest BCUT2D eigenvalue weighted by Gasteiger charge is 2.50. The zero-order valence-corrected chi connectivity index (χ0v) is 44.5. The van der Waals surface area contributed by atoms with Crippen LogP contribution in [0.15, 0.2) is 48.8 Å². The van der Waals surface area contributed by atoms with Crippen LogP contribution in [0.2, 0.25) is 0 Å². The number of benzene rings is 2. The van der Waals surface area contributed by atoms with Gasteiger partial charge >= 0.3 is 41.8 Å². The number of aliphatic carboxylic acids is 6. The Morgan fingerprint density at radius 1 is 0.550 bits per heavy atom. The average Bonchev–Trinajstić information content (AvgIpc) is 3.43. The molecule has 3 atom stereocenters. The van der Waals surface area contributed by atoms with Crippen molar-refractivity contribution in [2.24, 2.45) is 0 Å². The summed E-state index contributed by atoms with van der Waals surface area (Å²) in [5.41, 5.74) is -0.0158. The maximum Gasteiger partial charge on any atom is 0.326 e. The Morgan fingerprint density at radius 3 is 1.57 bits per heavy atom. The fourth-order valence-corrected chi connectivity index (χ4v) is 10.5. The average molecular weight is 1120 g/mol. The predicted octanol–water partition coefficient (Wildman–Crippen LogP) is 0.254. The van der Waals surface area contributed by atoms with E-state index in [0.29, 0.717) is 64.0 Å². The zero-order valence-electron chi connectivity index (χ0n) is 44.5. The Balaban J connectivity index is 1.04. The number of nitrogens with one attached hydrogen (secondary N) is 6. The molecule has 0 spiro atoms. The van der Waals surface area contributed by atoms with Crippen molar-refractivity contribution >= 4 is 76.3 Å². The van der Waals surface area contributed by atoms with E-state index in [1.807, 2.05) is 47.4 Å². The molecule has 2 heterocycles. The lowest BCUT2D eigenvalue weighted by Crippen LogP contribution is -2.62. The molecule has 80 heavy (non-hydrogen) atoms. The quantitative estimate of drug-likeness (QED) is 0.0434. The topological polar surface area (TPSA) is 399 Å². The highest BCUT2D eigenvalue weighted by molar-refractivity contribution is 5.87. The molecular formula is C52H73N13O15. The molecule has 7 rings (SSSR count). The minimum atomic E-state index is -1.55. The normalized spacial score (nSPS) is 20.6. The second-order valence-corrected chi connectivity index (χ2v) is 20.9. The van der Waals surface area contributed by atoms with Crippen molar-refractivity contribution in [1.82, 2.24) is 55.8 Å². The Kier molecular flexibility index (Phi) is 22.6. The molecule has 1 aromatic heterocycles.